The molecular formula is C15H25NO3. The first-order chi connectivity index (χ1) is 9.08. The van der Waals surface area contributed by atoms with E-state index in [1.807, 2.05) is 12.1 Å². The van der Waals surface area contributed by atoms with Crippen LogP contribution >= 0.6 is 0 Å². The minimum Gasteiger partial charge on any atom is -0.496 e. The van der Waals surface area contributed by atoms with E-state index in [2.05, 4.69) is 32.3 Å². The van der Waals surface area contributed by atoms with Gasteiger partial charge in [0.25, 0.3) is 0 Å². The minimum atomic E-state index is 0.125. The molecule has 4 heteroatoms. The summed E-state index contributed by atoms with van der Waals surface area (Å²) in [6.07, 6.45) is 0. The Morgan fingerprint density at radius 2 is 1.89 bits per heavy atom. The third-order valence-electron chi connectivity index (χ3n) is 2.78. The van der Waals surface area contributed by atoms with Crippen molar-refractivity contribution in [3.63, 3.8) is 0 Å². The maximum atomic E-state index is 5.46. The molecule has 0 aliphatic heterocycles. The van der Waals surface area contributed by atoms with Crippen molar-refractivity contribution in [1.82, 2.24) is 5.48 Å². The highest BCUT2D eigenvalue weighted by Crippen LogP contribution is 2.24. The quantitative estimate of drug-likeness (QED) is 0.735. The molecule has 1 N–H and O–H groups in total. The predicted molar refractivity (Wildman–Crippen MR) is 76.0 cm³/mol. The van der Waals surface area contributed by atoms with Gasteiger partial charge in [0, 0.05) is 12.7 Å². The van der Waals surface area contributed by atoms with Crippen LogP contribution in [0.15, 0.2) is 18.2 Å². The fraction of sp³-hybridized carbons (Fsp3) is 0.600. The lowest BCUT2D eigenvalue weighted by molar-refractivity contribution is 0.00405. The molecule has 0 saturated carbocycles. The summed E-state index contributed by atoms with van der Waals surface area (Å²) in [6.45, 7) is 7.55. The summed E-state index contributed by atoms with van der Waals surface area (Å²) in [5.41, 5.74) is 5.25. The SMILES string of the molecule is COCc1cc(C(C)NOCC(C)C)ccc1OC. The van der Waals surface area contributed by atoms with Gasteiger partial charge in [0.15, 0.2) is 0 Å². The van der Waals surface area contributed by atoms with Crippen molar-refractivity contribution in [2.45, 2.75) is 33.4 Å². The van der Waals surface area contributed by atoms with E-state index in [1.54, 1.807) is 14.2 Å². The van der Waals surface area contributed by atoms with Crippen LogP contribution in [-0.2, 0) is 16.2 Å². The molecule has 1 unspecified atom stereocenters. The normalized spacial score (nSPS) is 12.7. The molecule has 19 heavy (non-hydrogen) atoms. The zero-order chi connectivity index (χ0) is 14.3. The van der Waals surface area contributed by atoms with Crippen LogP contribution in [-0.4, -0.2) is 20.8 Å². The van der Waals surface area contributed by atoms with Crippen LogP contribution in [0.1, 0.15) is 37.9 Å². The van der Waals surface area contributed by atoms with Gasteiger partial charge < -0.3 is 14.3 Å². The van der Waals surface area contributed by atoms with E-state index in [0.29, 0.717) is 19.1 Å². The zero-order valence-corrected chi connectivity index (χ0v) is 12.5. The summed E-state index contributed by atoms with van der Waals surface area (Å²) in [5, 5.41) is 0. The highest BCUT2D eigenvalue weighted by molar-refractivity contribution is 5.37. The van der Waals surface area contributed by atoms with Gasteiger partial charge in [-0.05, 0) is 30.5 Å². The average Bonchev–Trinajstić information content (AvgIpc) is 2.38. The molecule has 0 radical (unpaired) electrons. The molecule has 4 nitrogen and oxygen atoms in total. The Hall–Kier alpha value is -1.10. The molecular weight excluding hydrogens is 242 g/mol. The Bertz CT molecular complexity index is 380. The second-order valence-corrected chi connectivity index (χ2v) is 5.05. The maximum absolute atomic E-state index is 5.46. The number of hydrogen-bond acceptors (Lipinski definition) is 4. The van der Waals surface area contributed by atoms with Gasteiger partial charge >= 0.3 is 0 Å². The van der Waals surface area contributed by atoms with Crippen LogP contribution in [0.2, 0.25) is 0 Å². The molecule has 0 aromatic heterocycles. The van der Waals surface area contributed by atoms with E-state index in [4.69, 9.17) is 14.3 Å². The number of hydrogen-bond donors (Lipinski definition) is 1. The number of hydroxylamine groups is 1. The lowest BCUT2D eigenvalue weighted by Gasteiger charge is -2.17. The van der Waals surface area contributed by atoms with Crippen molar-refractivity contribution in [3.05, 3.63) is 29.3 Å². The molecule has 1 rings (SSSR count). The standard InChI is InChI=1S/C15H25NO3/c1-11(2)9-19-16-12(3)13-6-7-15(18-5)14(8-13)10-17-4/h6-8,11-12,16H,9-10H2,1-5H3. The molecule has 0 spiro atoms. The summed E-state index contributed by atoms with van der Waals surface area (Å²) in [6, 6.07) is 6.21. The van der Waals surface area contributed by atoms with Gasteiger partial charge in [-0.3, -0.25) is 0 Å². The molecule has 1 aromatic rings. The lowest BCUT2D eigenvalue weighted by Crippen LogP contribution is -2.21. The van der Waals surface area contributed by atoms with E-state index < -0.39 is 0 Å². The van der Waals surface area contributed by atoms with Crippen LogP contribution in [0.25, 0.3) is 0 Å². The Balaban J connectivity index is 2.68. The smallest absolute Gasteiger partial charge is 0.124 e. The van der Waals surface area contributed by atoms with E-state index in [-0.39, 0.29) is 6.04 Å². The number of ether oxygens (including phenoxy) is 2. The second-order valence-electron chi connectivity index (χ2n) is 5.05. The fourth-order valence-electron chi connectivity index (χ4n) is 1.74. The van der Waals surface area contributed by atoms with Crippen molar-refractivity contribution in [1.29, 1.82) is 0 Å². The van der Waals surface area contributed by atoms with E-state index >= 15 is 0 Å². The first-order valence-electron chi connectivity index (χ1n) is 6.61. The molecule has 0 fully saturated rings. The molecule has 1 atom stereocenters. The van der Waals surface area contributed by atoms with Gasteiger partial charge in [0.1, 0.15) is 5.75 Å². The minimum absolute atomic E-state index is 0.125. The second kappa shape index (κ2) is 8.15. The number of nitrogens with one attached hydrogen (secondary N) is 1. The van der Waals surface area contributed by atoms with Crippen molar-refractivity contribution < 1.29 is 14.3 Å². The fourth-order valence-corrected chi connectivity index (χ4v) is 1.74. The monoisotopic (exact) mass is 267 g/mol. The van der Waals surface area contributed by atoms with Crippen LogP contribution in [0.3, 0.4) is 0 Å². The predicted octanol–water partition coefficient (Wildman–Crippen LogP) is 3.08. The lowest BCUT2D eigenvalue weighted by atomic mass is 10.1. The molecule has 0 saturated heterocycles. The average molecular weight is 267 g/mol. The Morgan fingerprint density at radius 3 is 2.47 bits per heavy atom. The third-order valence-corrected chi connectivity index (χ3v) is 2.78. The summed E-state index contributed by atoms with van der Waals surface area (Å²) in [5.74, 6) is 1.36. The summed E-state index contributed by atoms with van der Waals surface area (Å²) < 4.78 is 10.5. The van der Waals surface area contributed by atoms with E-state index in [0.717, 1.165) is 16.9 Å². The van der Waals surface area contributed by atoms with Gasteiger partial charge in [-0.1, -0.05) is 19.9 Å². The van der Waals surface area contributed by atoms with Gasteiger partial charge in [0.05, 0.1) is 26.4 Å². The van der Waals surface area contributed by atoms with Gasteiger partial charge in [0.2, 0.25) is 0 Å². The van der Waals surface area contributed by atoms with Crippen LogP contribution < -0.4 is 10.2 Å². The van der Waals surface area contributed by atoms with E-state index in [1.165, 1.54) is 0 Å². The van der Waals surface area contributed by atoms with Crippen molar-refractivity contribution in [3.8, 4) is 5.75 Å². The first-order valence-corrected chi connectivity index (χ1v) is 6.61. The zero-order valence-electron chi connectivity index (χ0n) is 12.5. The van der Waals surface area contributed by atoms with Crippen LogP contribution in [0, 0.1) is 5.92 Å². The van der Waals surface area contributed by atoms with E-state index in [9.17, 15) is 0 Å². The molecule has 108 valence electrons. The maximum Gasteiger partial charge on any atom is 0.124 e. The van der Waals surface area contributed by atoms with Gasteiger partial charge in [-0.15, -0.1) is 0 Å². The Morgan fingerprint density at radius 1 is 1.16 bits per heavy atom. The molecule has 0 aliphatic rings. The molecule has 0 aliphatic carbocycles. The molecule has 1 aromatic carbocycles. The van der Waals surface area contributed by atoms with Gasteiger partial charge in [-0.25, -0.2) is 0 Å². The van der Waals surface area contributed by atoms with Crippen LogP contribution in [0.4, 0.5) is 0 Å². The topological polar surface area (TPSA) is 39.7 Å². The highest BCUT2D eigenvalue weighted by Gasteiger charge is 2.10. The van der Waals surface area contributed by atoms with Crippen LogP contribution in [0.5, 0.6) is 5.75 Å². The first kappa shape index (κ1) is 16.0. The Kier molecular flexibility index (Phi) is 6.84. The summed E-state index contributed by atoms with van der Waals surface area (Å²) in [4.78, 5) is 5.46. The van der Waals surface area contributed by atoms with Crippen molar-refractivity contribution in [2.75, 3.05) is 20.8 Å². The summed E-state index contributed by atoms with van der Waals surface area (Å²) >= 11 is 0. The molecule has 0 bridgehead atoms. The molecule has 0 amide bonds. The Labute approximate surface area is 116 Å². The van der Waals surface area contributed by atoms with Crippen molar-refractivity contribution >= 4 is 0 Å². The number of methoxy groups -OCH3 is 2. The van der Waals surface area contributed by atoms with Gasteiger partial charge in [-0.2, -0.15) is 5.48 Å². The summed E-state index contributed by atoms with van der Waals surface area (Å²) in [7, 11) is 3.35. The largest absolute Gasteiger partial charge is 0.496 e. The number of rotatable bonds is 8. The number of benzene rings is 1. The molecule has 0 heterocycles. The third kappa shape index (κ3) is 5.19. The van der Waals surface area contributed by atoms with Crippen molar-refractivity contribution in [2.24, 2.45) is 5.92 Å². The highest BCUT2D eigenvalue weighted by atomic mass is 16.6.